The maximum atomic E-state index is 12.5. The lowest BCUT2D eigenvalue weighted by molar-refractivity contribution is 0.0622. The first-order valence-electron chi connectivity index (χ1n) is 7.94. The number of nitrogens with zero attached hydrogens (tertiary/aromatic N) is 2. The van der Waals surface area contributed by atoms with Gasteiger partial charge in [-0.05, 0) is 37.9 Å². The lowest BCUT2D eigenvalue weighted by Gasteiger charge is -2.44. The van der Waals surface area contributed by atoms with E-state index >= 15 is 0 Å². The molecular formula is C17H18ClN3OS. The van der Waals surface area contributed by atoms with Gasteiger partial charge in [0, 0.05) is 18.2 Å². The molecule has 3 fully saturated rings. The van der Waals surface area contributed by atoms with Crippen molar-refractivity contribution in [1.82, 2.24) is 15.2 Å². The van der Waals surface area contributed by atoms with E-state index in [0.29, 0.717) is 15.8 Å². The van der Waals surface area contributed by atoms with E-state index in [2.05, 4.69) is 15.2 Å². The molecule has 4 heterocycles. The van der Waals surface area contributed by atoms with Gasteiger partial charge in [0.1, 0.15) is 9.88 Å². The smallest absolute Gasteiger partial charge is 0.263 e. The van der Waals surface area contributed by atoms with E-state index in [4.69, 9.17) is 11.6 Å². The van der Waals surface area contributed by atoms with Crippen molar-refractivity contribution in [2.24, 2.45) is 5.92 Å². The van der Waals surface area contributed by atoms with Gasteiger partial charge in [-0.3, -0.25) is 4.79 Å². The predicted molar refractivity (Wildman–Crippen MR) is 93.0 cm³/mol. The summed E-state index contributed by atoms with van der Waals surface area (Å²) in [6, 6.07) is 7.85. The lowest BCUT2D eigenvalue weighted by atomic mass is 9.84. The first-order chi connectivity index (χ1) is 11.2. The van der Waals surface area contributed by atoms with Crippen molar-refractivity contribution in [3.05, 3.63) is 40.4 Å². The SMILES string of the molecule is O=C(NC1CN2CCC1CC2)c1cnc(-c2ccccc2Cl)s1. The van der Waals surface area contributed by atoms with E-state index in [-0.39, 0.29) is 11.9 Å². The number of fused-ring (bicyclic) bond motifs is 3. The first kappa shape index (κ1) is 15.1. The summed E-state index contributed by atoms with van der Waals surface area (Å²) in [5.74, 6) is 0.611. The molecule has 1 amide bonds. The minimum atomic E-state index is -0.0143. The highest BCUT2D eigenvalue weighted by atomic mass is 35.5. The van der Waals surface area contributed by atoms with Crippen molar-refractivity contribution in [2.75, 3.05) is 19.6 Å². The molecule has 23 heavy (non-hydrogen) atoms. The topological polar surface area (TPSA) is 45.2 Å². The van der Waals surface area contributed by atoms with Crippen LogP contribution in [0.4, 0.5) is 0 Å². The van der Waals surface area contributed by atoms with Gasteiger partial charge >= 0.3 is 0 Å². The molecule has 2 aromatic rings. The van der Waals surface area contributed by atoms with Crippen molar-refractivity contribution in [3.63, 3.8) is 0 Å². The van der Waals surface area contributed by atoms with E-state index in [0.717, 1.165) is 17.1 Å². The normalized spacial score (nSPS) is 26.2. The van der Waals surface area contributed by atoms with Crippen molar-refractivity contribution in [1.29, 1.82) is 0 Å². The largest absolute Gasteiger partial charge is 0.347 e. The van der Waals surface area contributed by atoms with Gasteiger partial charge in [-0.2, -0.15) is 0 Å². The summed E-state index contributed by atoms with van der Waals surface area (Å²) in [6.07, 6.45) is 4.04. The molecule has 0 aliphatic carbocycles. The molecule has 0 saturated carbocycles. The fourth-order valence-electron chi connectivity index (χ4n) is 3.51. The first-order valence-corrected chi connectivity index (χ1v) is 9.14. The van der Waals surface area contributed by atoms with Crippen LogP contribution in [0.1, 0.15) is 22.5 Å². The third kappa shape index (κ3) is 3.01. The van der Waals surface area contributed by atoms with Crippen LogP contribution in [0.2, 0.25) is 5.02 Å². The fraction of sp³-hybridized carbons (Fsp3) is 0.412. The van der Waals surface area contributed by atoms with Crippen LogP contribution in [0.3, 0.4) is 0 Å². The number of thiazole rings is 1. The number of amides is 1. The third-order valence-electron chi connectivity index (χ3n) is 4.81. The number of piperidine rings is 3. The van der Waals surface area contributed by atoms with Gasteiger partial charge in [0.05, 0.1) is 11.2 Å². The van der Waals surface area contributed by atoms with Crippen LogP contribution >= 0.6 is 22.9 Å². The molecule has 1 atom stereocenters. The number of hydrogen-bond acceptors (Lipinski definition) is 4. The highest BCUT2D eigenvalue weighted by Crippen LogP contribution is 2.32. The molecule has 0 radical (unpaired) electrons. The van der Waals surface area contributed by atoms with Crippen LogP contribution in [0.25, 0.3) is 10.6 Å². The maximum Gasteiger partial charge on any atom is 0.263 e. The summed E-state index contributed by atoms with van der Waals surface area (Å²) >= 11 is 7.60. The van der Waals surface area contributed by atoms with Crippen LogP contribution in [0.5, 0.6) is 0 Å². The second-order valence-corrected chi connectivity index (χ2v) is 7.67. The molecule has 5 rings (SSSR count). The van der Waals surface area contributed by atoms with Crippen molar-refractivity contribution in [2.45, 2.75) is 18.9 Å². The summed E-state index contributed by atoms with van der Waals surface area (Å²) in [5.41, 5.74) is 0.876. The molecule has 3 saturated heterocycles. The third-order valence-corrected chi connectivity index (χ3v) is 6.17. The van der Waals surface area contributed by atoms with E-state index in [1.165, 1.54) is 37.3 Å². The number of nitrogens with one attached hydrogen (secondary N) is 1. The average Bonchev–Trinajstić information content (AvgIpc) is 3.06. The summed E-state index contributed by atoms with van der Waals surface area (Å²) in [4.78, 5) is 20.0. The summed E-state index contributed by atoms with van der Waals surface area (Å²) in [5, 5.41) is 4.65. The molecule has 3 aliphatic rings. The Labute approximate surface area is 144 Å². The highest BCUT2D eigenvalue weighted by molar-refractivity contribution is 7.17. The molecule has 0 spiro atoms. The monoisotopic (exact) mass is 347 g/mol. The number of carbonyl (C=O) groups is 1. The lowest BCUT2D eigenvalue weighted by Crippen LogP contribution is -2.57. The average molecular weight is 348 g/mol. The van der Waals surface area contributed by atoms with Crippen LogP contribution in [-0.2, 0) is 0 Å². The van der Waals surface area contributed by atoms with Crippen LogP contribution in [-0.4, -0.2) is 41.5 Å². The zero-order valence-corrected chi connectivity index (χ0v) is 14.2. The Morgan fingerprint density at radius 1 is 1.30 bits per heavy atom. The molecule has 120 valence electrons. The summed E-state index contributed by atoms with van der Waals surface area (Å²) in [6.45, 7) is 3.33. The van der Waals surface area contributed by atoms with E-state index < -0.39 is 0 Å². The predicted octanol–water partition coefficient (Wildman–Crippen LogP) is 3.29. The zero-order chi connectivity index (χ0) is 15.8. The number of benzene rings is 1. The molecule has 3 aliphatic heterocycles. The number of rotatable bonds is 3. The van der Waals surface area contributed by atoms with Gasteiger partial charge in [-0.1, -0.05) is 29.8 Å². The Balaban J connectivity index is 1.48. The van der Waals surface area contributed by atoms with E-state index in [9.17, 15) is 4.79 Å². The number of carbonyl (C=O) groups excluding carboxylic acids is 1. The molecular weight excluding hydrogens is 330 g/mol. The molecule has 1 aromatic heterocycles. The molecule has 1 aromatic carbocycles. The van der Waals surface area contributed by atoms with Crippen LogP contribution in [0.15, 0.2) is 30.5 Å². The summed E-state index contributed by atoms with van der Waals surface area (Å²) in [7, 11) is 0. The van der Waals surface area contributed by atoms with Crippen molar-refractivity contribution >= 4 is 28.8 Å². The van der Waals surface area contributed by atoms with Gasteiger partial charge in [0.25, 0.3) is 5.91 Å². The van der Waals surface area contributed by atoms with Crippen molar-refractivity contribution in [3.8, 4) is 10.6 Å². The highest BCUT2D eigenvalue weighted by Gasteiger charge is 2.35. The molecule has 1 unspecified atom stereocenters. The van der Waals surface area contributed by atoms with Gasteiger partial charge in [0.2, 0.25) is 0 Å². The Morgan fingerprint density at radius 2 is 2.09 bits per heavy atom. The zero-order valence-electron chi connectivity index (χ0n) is 12.7. The molecule has 4 nitrogen and oxygen atoms in total. The fourth-order valence-corrected chi connectivity index (χ4v) is 4.65. The standard InChI is InChI=1S/C17H18ClN3OS/c18-13-4-2-1-3-12(13)17-19-9-15(23-17)16(22)20-14-10-21-7-5-11(14)6-8-21/h1-4,9,11,14H,5-8,10H2,(H,20,22). The van der Waals surface area contributed by atoms with Crippen LogP contribution in [0, 0.1) is 5.92 Å². The number of hydrogen-bond donors (Lipinski definition) is 1. The Kier molecular flexibility index (Phi) is 4.09. The van der Waals surface area contributed by atoms with Gasteiger partial charge in [-0.25, -0.2) is 4.98 Å². The minimum absolute atomic E-state index is 0.0143. The maximum absolute atomic E-state index is 12.5. The summed E-state index contributed by atoms with van der Waals surface area (Å²) < 4.78 is 0. The van der Waals surface area contributed by atoms with Gasteiger partial charge < -0.3 is 10.2 Å². The second-order valence-electron chi connectivity index (χ2n) is 6.23. The molecule has 6 heteroatoms. The second kappa shape index (κ2) is 6.23. The minimum Gasteiger partial charge on any atom is -0.347 e. The Morgan fingerprint density at radius 3 is 2.78 bits per heavy atom. The van der Waals surface area contributed by atoms with Gasteiger partial charge in [0.15, 0.2) is 0 Å². The van der Waals surface area contributed by atoms with Crippen molar-refractivity contribution < 1.29 is 4.79 Å². The number of halogens is 1. The molecule has 1 N–H and O–H groups in total. The molecule has 2 bridgehead atoms. The number of aromatic nitrogens is 1. The Hall–Kier alpha value is -1.43. The van der Waals surface area contributed by atoms with E-state index in [1.54, 1.807) is 6.20 Å². The Bertz CT molecular complexity index is 724. The van der Waals surface area contributed by atoms with E-state index in [1.807, 2.05) is 24.3 Å². The van der Waals surface area contributed by atoms with Gasteiger partial charge in [-0.15, -0.1) is 11.3 Å². The van der Waals surface area contributed by atoms with Crippen LogP contribution < -0.4 is 5.32 Å². The quantitative estimate of drug-likeness (QED) is 0.926.